The van der Waals surface area contributed by atoms with Crippen molar-refractivity contribution in [2.45, 2.75) is 31.3 Å². The van der Waals surface area contributed by atoms with Crippen LogP contribution in [0.3, 0.4) is 0 Å². The van der Waals surface area contributed by atoms with Crippen LogP contribution in [0.15, 0.2) is 41.9 Å². The fraction of sp³-hybridized carbons (Fsp3) is 0.500. The Balaban J connectivity index is 1.41. The van der Waals surface area contributed by atoms with Gasteiger partial charge in [0.2, 0.25) is 0 Å². The molecule has 1 N–H and O–H groups in total. The van der Waals surface area contributed by atoms with Gasteiger partial charge in [-0.1, -0.05) is 12.1 Å². The molecule has 3 unspecified atom stereocenters. The third-order valence-electron chi connectivity index (χ3n) is 4.76. The molecule has 3 atom stereocenters. The molecule has 5 nitrogen and oxygen atoms in total. The van der Waals surface area contributed by atoms with Gasteiger partial charge in [-0.3, -0.25) is 9.88 Å². The van der Waals surface area contributed by atoms with Crippen molar-refractivity contribution in [3.8, 4) is 0 Å². The van der Waals surface area contributed by atoms with Crippen LogP contribution in [0.5, 0.6) is 0 Å². The average Bonchev–Trinajstić information content (AvgIpc) is 3.26. The van der Waals surface area contributed by atoms with Crippen molar-refractivity contribution in [2.24, 2.45) is 0 Å². The number of ether oxygens (including phenoxy) is 2. The summed E-state index contributed by atoms with van der Waals surface area (Å²) in [5, 5.41) is 5.82. The predicted molar refractivity (Wildman–Crippen MR) is 93.9 cm³/mol. The van der Waals surface area contributed by atoms with Crippen LogP contribution < -0.4 is 5.32 Å². The summed E-state index contributed by atoms with van der Waals surface area (Å²) >= 11 is 1.79. The highest BCUT2D eigenvalue weighted by atomic mass is 32.1. The first kappa shape index (κ1) is 16.2. The van der Waals surface area contributed by atoms with Crippen LogP contribution in [-0.2, 0) is 22.6 Å². The number of thiophene rings is 1. The maximum absolute atomic E-state index is 6.30. The van der Waals surface area contributed by atoms with Crippen molar-refractivity contribution in [1.29, 1.82) is 0 Å². The molecule has 0 radical (unpaired) electrons. The van der Waals surface area contributed by atoms with Gasteiger partial charge in [-0.05, 0) is 23.6 Å². The van der Waals surface area contributed by atoms with Gasteiger partial charge in [0.25, 0.3) is 0 Å². The molecular weight excluding hydrogens is 322 g/mol. The normalized spacial score (nSPS) is 27.2. The van der Waals surface area contributed by atoms with E-state index in [1.165, 1.54) is 4.88 Å². The zero-order chi connectivity index (χ0) is 16.2. The van der Waals surface area contributed by atoms with Gasteiger partial charge >= 0.3 is 0 Å². The van der Waals surface area contributed by atoms with Crippen LogP contribution in [0, 0.1) is 0 Å². The summed E-state index contributed by atoms with van der Waals surface area (Å²) in [6.45, 7) is 5.03. The van der Waals surface area contributed by atoms with Gasteiger partial charge < -0.3 is 14.8 Å². The van der Waals surface area contributed by atoms with Crippen molar-refractivity contribution < 1.29 is 9.47 Å². The fourth-order valence-corrected chi connectivity index (χ4v) is 4.18. The second-order valence-electron chi connectivity index (χ2n) is 6.30. The average molecular weight is 345 g/mol. The SMILES string of the molecule is c1ccc(COC2C(NCc3cccs3)CN3CCOCC23)nc1. The molecular formula is C18H23N3O2S. The summed E-state index contributed by atoms with van der Waals surface area (Å²) < 4.78 is 12.0. The molecule has 0 bridgehead atoms. The highest BCUT2D eigenvalue weighted by molar-refractivity contribution is 7.09. The molecule has 4 rings (SSSR count). The number of hydrogen-bond acceptors (Lipinski definition) is 6. The Kier molecular flexibility index (Phi) is 5.20. The first-order valence-electron chi connectivity index (χ1n) is 8.49. The lowest BCUT2D eigenvalue weighted by Gasteiger charge is -2.32. The lowest BCUT2D eigenvalue weighted by Crippen LogP contribution is -2.47. The molecule has 6 heteroatoms. The highest BCUT2D eigenvalue weighted by Crippen LogP contribution is 2.25. The second-order valence-corrected chi connectivity index (χ2v) is 7.33. The van der Waals surface area contributed by atoms with Gasteiger partial charge in [0.15, 0.2) is 0 Å². The van der Waals surface area contributed by atoms with E-state index >= 15 is 0 Å². The van der Waals surface area contributed by atoms with E-state index in [0.717, 1.165) is 38.5 Å². The molecule has 2 fully saturated rings. The lowest BCUT2D eigenvalue weighted by molar-refractivity contribution is -0.0542. The number of rotatable bonds is 6. The summed E-state index contributed by atoms with van der Waals surface area (Å²) in [5.41, 5.74) is 0.977. The Hall–Kier alpha value is -1.31. The number of nitrogens with one attached hydrogen (secondary N) is 1. The van der Waals surface area contributed by atoms with Crippen LogP contribution in [0.1, 0.15) is 10.6 Å². The number of aromatic nitrogens is 1. The molecule has 0 amide bonds. The van der Waals surface area contributed by atoms with Crippen molar-refractivity contribution in [1.82, 2.24) is 15.2 Å². The van der Waals surface area contributed by atoms with Crippen LogP contribution >= 0.6 is 11.3 Å². The zero-order valence-corrected chi connectivity index (χ0v) is 14.5. The number of nitrogens with zero attached hydrogens (tertiary/aromatic N) is 2. The lowest BCUT2D eigenvalue weighted by atomic mass is 10.1. The Morgan fingerprint density at radius 1 is 1.33 bits per heavy atom. The maximum atomic E-state index is 6.30. The number of hydrogen-bond donors (Lipinski definition) is 1. The predicted octanol–water partition coefficient (Wildman–Crippen LogP) is 1.90. The van der Waals surface area contributed by atoms with Crippen LogP contribution in [0.2, 0.25) is 0 Å². The van der Waals surface area contributed by atoms with E-state index < -0.39 is 0 Å². The van der Waals surface area contributed by atoms with Gasteiger partial charge in [-0.25, -0.2) is 0 Å². The summed E-state index contributed by atoms with van der Waals surface area (Å²) in [6, 6.07) is 10.9. The highest BCUT2D eigenvalue weighted by Gasteiger charge is 2.43. The monoisotopic (exact) mass is 345 g/mol. The Bertz CT molecular complexity index is 622. The summed E-state index contributed by atoms with van der Waals surface area (Å²) in [7, 11) is 0. The Morgan fingerprint density at radius 3 is 3.17 bits per heavy atom. The summed E-state index contributed by atoms with van der Waals surface area (Å²) in [4.78, 5) is 8.23. The molecule has 4 heterocycles. The minimum atomic E-state index is 0.132. The molecule has 128 valence electrons. The maximum Gasteiger partial charge on any atom is 0.0923 e. The van der Waals surface area contributed by atoms with Gasteiger partial charge in [0.05, 0.1) is 37.7 Å². The quantitative estimate of drug-likeness (QED) is 0.866. The molecule has 0 saturated carbocycles. The Labute approximate surface area is 146 Å². The summed E-state index contributed by atoms with van der Waals surface area (Å²) in [5.74, 6) is 0. The van der Waals surface area contributed by atoms with Crippen LogP contribution in [0.4, 0.5) is 0 Å². The third kappa shape index (κ3) is 3.68. The van der Waals surface area contributed by atoms with Crippen molar-refractivity contribution >= 4 is 11.3 Å². The number of fused-ring (bicyclic) bond motifs is 1. The van der Waals surface area contributed by atoms with Crippen LogP contribution in [0.25, 0.3) is 0 Å². The van der Waals surface area contributed by atoms with Crippen molar-refractivity contribution in [2.75, 3.05) is 26.3 Å². The topological polar surface area (TPSA) is 46.6 Å². The van der Waals surface area contributed by atoms with Gasteiger partial charge in [-0.2, -0.15) is 0 Å². The van der Waals surface area contributed by atoms with E-state index in [1.54, 1.807) is 11.3 Å². The molecule has 0 aromatic carbocycles. The molecule has 24 heavy (non-hydrogen) atoms. The minimum absolute atomic E-state index is 0.132. The minimum Gasteiger partial charge on any atom is -0.378 e. The standard InChI is InChI=1S/C18H23N3O2S/c1-2-6-19-14(4-1)12-23-18-16(20-10-15-5-3-9-24-15)11-21-7-8-22-13-17(18)21/h1-6,9,16-18,20H,7-8,10-13H2. The van der Waals surface area contributed by atoms with E-state index in [9.17, 15) is 0 Å². The molecule has 2 aromatic rings. The molecule has 2 saturated heterocycles. The van der Waals surface area contributed by atoms with E-state index in [0.29, 0.717) is 18.7 Å². The Morgan fingerprint density at radius 2 is 2.33 bits per heavy atom. The summed E-state index contributed by atoms with van der Waals surface area (Å²) in [6.07, 6.45) is 1.95. The van der Waals surface area contributed by atoms with Crippen molar-refractivity contribution in [3.63, 3.8) is 0 Å². The van der Waals surface area contributed by atoms with E-state index in [-0.39, 0.29) is 6.10 Å². The van der Waals surface area contributed by atoms with Gasteiger partial charge in [0.1, 0.15) is 0 Å². The zero-order valence-electron chi connectivity index (χ0n) is 13.6. The van der Waals surface area contributed by atoms with Gasteiger partial charge in [-0.15, -0.1) is 11.3 Å². The number of morpholine rings is 1. The van der Waals surface area contributed by atoms with Crippen LogP contribution in [-0.4, -0.2) is 54.4 Å². The van der Waals surface area contributed by atoms with Gasteiger partial charge in [0, 0.05) is 36.8 Å². The second kappa shape index (κ2) is 7.72. The fourth-order valence-electron chi connectivity index (χ4n) is 3.53. The van der Waals surface area contributed by atoms with E-state index in [2.05, 4.69) is 32.7 Å². The smallest absolute Gasteiger partial charge is 0.0923 e. The molecule has 2 aromatic heterocycles. The molecule has 0 spiro atoms. The number of pyridine rings is 1. The molecule has 0 aliphatic carbocycles. The largest absolute Gasteiger partial charge is 0.378 e. The van der Waals surface area contributed by atoms with E-state index in [1.807, 2.05) is 24.4 Å². The van der Waals surface area contributed by atoms with E-state index in [4.69, 9.17) is 9.47 Å². The first-order chi connectivity index (χ1) is 11.9. The molecule has 2 aliphatic rings. The van der Waals surface area contributed by atoms with Crippen molar-refractivity contribution in [3.05, 3.63) is 52.5 Å². The molecule has 2 aliphatic heterocycles. The first-order valence-corrected chi connectivity index (χ1v) is 9.37. The third-order valence-corrected chi connectivity index (χ3v) is 5.63.